The first-order valence-electron chi connectivity index (χ1n) is 6.45. The summed E-state index contributed by atoms with van der Waals surface area (Å²) in [5.41, 5.74) is 0.0657. The number of rotatable bonds is 4. The van der Waals surface area contributed by atoms with Crippen molar-refractivity contribution in [2.75, 3.05) is 19.6 Å². The van der Waals surface area contributed by atoms with Gasteiger partial charge in [0.25, 0.3) is 0 Å². The summed E-state index contributed by atoms with van der Waals surface area (Å²) < 4.78 is 37.1. The van der Waals surface area contributed by atoms with E-state index in [2.05, 4.69) is 13.8 Å². The molecule has 18 heavy (non-hydrogen) atoms. The molecule has 1 aliphatic carbocycles. The van der Waals surface area contributed by atoms with Crippen LogP contribution in [0.1, 0.15) is 40.0 Å². The third-order valence-electron chi connectivity index (χ3n) is 3.63. The number of alkyl halides is 3. The molecule has 0 aromatic carbocycles. The fourth-order valence-corrected chi connectivity index (χ4v) is 2.59. The van der Waals surface area contributed by atoms with Gasteiger partial charge in [0.15, 0.2) is 0 Å². The summed E-state index contributed by atoms with van der Waals surface area (Å²) in [4.78, 5) is 13.1. The molecule has 0 aliphatic heterocycles. The van der Waals surface area contributed by atoms with Crippen LogP contribution < -0.4 is 0 Å². The van der Waals surface area contributed by atoms with Crippen molar-refractivity contribution in [3.63, 3.8) is 0 Å². The number of Topliss-reactive ketones (excluding diaryl/α,β-unsaturated/α-hetero) is 1. The highest BCUT2D eigenvalue weighted by atomic mass is 19.4. The minimum atomic E-state index is -4.19. The average molecular weight is 265 g/mol. The van der Waals surface area contributed by atoms with Crippen molar-refractivity contribution >= 4 is 5.78 Å². The Morgan fingerprint density at radius 3 is 2.50 bits per heavy atom. The number of ketones is 1. The van der Waals surface area contributed by atoms with Crippen LogP contribution in [0.15, 0.2) is 0 Å². The van der Waals surface area contributed by atoms with E-state index in [1.165, 1.54) is 4.90 Å². The molecule has 1 unspecified atom stereocenters. The second-order valence-corrected chi connectivity index (χ2v) is 5.97. The highest BCUT2D eigenvalue weighted by molar-refractivity contribution is 5.82. The van der Waals surface area contributed by atoms with Crippen LogP contribution in [-0.2, 0) is 4.79 Å². The molecule has 0 amide bonds. The van der Waals surface area contributed by atoms with E-state index < -0.39 is 12.7 Å². The van der Waals surface area contributed by atoms with Gasteiger partial charge in [0.2, 0.25) is 0 Å². The molecule has 1 aliphatic rings. The minimum Gasteiger partial charge on any atom is -0.299 e. The predicted molar refractivity (Wildman–Crippen MR) is 64.3 cm³/mol. The maximum Gasteiger partial charge on any atom is 0.401 e. The van der Waals surface area contributed by atoms with Crippen molar-refractivity contribution in [3.05, 3.63) is 0 Å². The summed E-state index contributed by atoms with van der Waals surface area (Å²) in [5.74, 6) is -0.119. The number of halogens is 3. The first-order valence-corrected chi connectivity index (χ1v) is 6.45. The zero-order chi connectivity index (χ0) is 14.0. The van der Waals surface area contributed by atoms with Crippen molar-refractivity contribution in [2.45, 2.75) is 46.2 Å². The van der Waals surface area contributed by atoms with Crippen molar-refractivity contribution < 1.29 is 18.0 Å². The Bertz CT molecular complexity index is 299. The van der Waals surface area contributed by atoms with Gasteiger partial charge in [-0.05, 0) is 24.8 Å². The van der Waals surface area contributed by atoms with Gasteiger partial charge in [-0.15, -0.1) is 0 Å². The monoisotopic (exact) mass is 265 g/mol. The van der Waals surface area contributed by atoms with Crippen LogP contribution in [0.4, 0.5) is 13.2 Å². The second kappa shape index (κ2) is 5.59. The number of hydrogen-bond acceptors (Lipinski definition) is 2. The molecule has 0 saturated heterocycles. The highest BCUT2D eigenvalue weighted by Crippen LogP contribution is 2.37. The van der Waals surface area contributed by atoms with E-state index in [4.69, 9.17) is 0 Å². The number of hydrogen-bond donors (Lipinski definition) is 0. The van der Waals surface area contributed by atoms with Gasteiger partial charge in [0.1, 0.15) is 5.78 Å². The van der Waals surface area contributed by atoms with Crippen LogP contribution in [-0.4, -0.2) is 36.5 Å². The van der Waals surface area contributed by atoms with Crippen molar-refractivity contribution in [2.24, 2.45) is 11.3 Å². The molecule has 0 bridgehead atoms. The van der Waals surface area contributed by atoms with E-state index in [9.17, 15) is 18.0 Å². The number of carbonyl (C=O) groups is 1. The molecule has 0 N–H and O–H groups in total. The van der Waals surface area contributed by atoms with Crippen molar-refractivity contribution in [1.29, 1.82) is 0 Å². The molecule has 1 saturated carbocycles. The van der Waals surface area contributed by atoms with Crippen LogP contribution in [0, 0.1) is 11.3 Å². The Balaban J connectivity index is 2.60. The maximum atomic E-state index is 12.4. The van der Waals surface area contributed by atoms with E-state index >= 15 is 0 Å². The van der Waals surface area contributed by atoms with E-state index in [1.807, 2.05) is 0 Å². The normalized spacial score (nSPS) is 24.6. The van der Waals surface area contributed by atoms with Crippen LogP contribution >= 0.6 is 0 Å². The zero-order valence-electron chi connectivity index (χ0n) is 11.3. The number of carbonyl (C=O) groups excluding carboxylic acids is 1. The molecule has 0 spiro atoms. The molecule has 0 radical (unpaired) electrons. The van der Waals surface area contributed by atoms with Crippen molar-refractivity contribution in [3.8, 4) is 0 Å². The molecule has 106 valence electrons. The van der Waals surface area contributed by atoms with Gasteiger partial charge in [0, 0.05) is 18.9 Å². The first kappa shape index (κ1) is 15.5. The van der Waals surface area contributed by atoms with Crippen molar-refractivity contribution in [1.82, 2.24) is 4.90 Å². The summed E-state index contributed by atoms with van der Waals surface area (Å²) in [6.07, 6.45) is -2.15. The summed E-state index contributed by atoms with van der Waals surface area (Å²) in [7, 11) is 0. The van der Waals surface area contributed by atoms with Crippen LogP contribution in [0.5, 0.6) is 0 Å². The van der Waals surface area contributed by atoms with E-state index in [0.29, 0.717) is 19.4 Å². The average Bonchev–Trinajstić information content (AvgIpc) is 2.20. The Morgan fingerprint density at radius 2 is 2.00 bits per heavy atom. The standard InChI is InChI=1S/C13H22F3NO/c1-4-17(9-13(14,15)16)8-10-7-12(2,3)6-5-11(10)18/h10H,4-9H2,1-3H3. The minimum absolute atomic E-state index is 0.0657. The van der Waals surface area contributed by atoms with Crippen LogP contribution in [0.25, 0.3) is 0 Å². The molecule has 2 nitrogen and oxygen atoms in total. The van der Waals surface area contributed by atoms with E-state index in [0.717, 1.165) is 6.42 Å². The molecule has 1 rings (SSSR count). The fourth-order valence-electron chi connectivity index (χ4n) is 2.59. The predicted octanol–water partition coefficient (Wildman–Crippen LogP) is 3.27. The molecule has 0 aromatic heterocycles. The van der Waals surface area contributed by atoms with Gasteiger partial charge in [-0.2, -0.15) is 13.2 Å². The van der Waals surface area contributed by atoms with Gasteiger partial charge in [0.05, 0.1) is 6.54 Å². The molecular weight excluding hydrogens is 243 g/mol. The summed E-state index contributed by atoms with van der Waals surface area (Å²) >= 11 is 0. The summed E-state index contributed by atoms with van der Waals surface area (Å²) in [6.45, 7) is 5.48. The fraction of sp³-hybridized carbons (Fsp3) is 0.923. The summed E-state index contributed by atoms with van der Waals surface area (Å²) in [6, 6.07) is 0. The third-order valence-corrected chi connectivity index (χ3v) is 3.63. The van der Waals surface area contributed by atoms with Gasteiger partial charge in [-0.25, -0.2) is 0 Å². The van der Waals surface area contributed by atoms with Gasteiger partial charge >= 0.3 is 6.18 Å². The third kappa shape index (κ3) is 4.96. The molecule has 0 heterocycles. The SMILES string of the molecule is CCN(CC1CC(C)(C)CCC1=O)CC(F)(F)F. The second-order valence-electron chi connectivity index (χ2n) is 5.97. The van der Waals surface area contributed by atoms with E-state index in [1.54, 1.807) is 6.92 Å². The van der Waals surface area contributed by atoms with Crippen LogP contribution in [0.3, 0.4) is 0 Å². The van der Waals surface area contributed by atoms with Gasteiger partial charge in [-0.3, -0.25) is 9.69 Å². The molecule has 1 fully saturated rings. The largest absolute Gasteiger partial charge is 0.401 e. The molecule has 5 heteroatoms. The highest BCUT2D eigenvalue weighted by Gasteiger charge is 2.36. The Hall–Kier alpha value is -0.580. The lowest BCUT2D eigenvalue weighted by molar-refractivity contribution is -0.149. The summed E-state index contributed by atoms with van der Waals surface area (Å²) in [5, 5.41) is 0. The quantitative estimate of drug-likeness (QED) is 0.777. The van der Waals surface area contributed by atoms with E-state index in [-0.39, 0.29) is 23.7 Å². The Kier molecular flexibility index (Phi) is 4.81. The van der Waals surface area contributed by atoms with Gasteiger partial charge < -0.3 is 0 Å². The lowest BCUT2D eigenvalue weighted by Gasteiger charge is -2.36. The number of nitrogens with zero attached hydrogens (tertiary/aromatic N) is 1. The Labute approximate surface area is 107 Å². The topological polar surface area (TPSA) is 20.3 Å². The molecule has 0 aromatic rings. The smallest absolute Gasteiger partial charge is 0.299 e. The first-order chi connectivity index (χ1) is 8.13. The maximum absolute atomic E-state index is 12.4. The lowest BCUT2D eigenvalue weighted by Crippen LogP contribution is -2.42. The lowest BCUT2D eigenvalue weighted by atomic mass is 9.71. The van der Waals surface area contributed by atoms with Gasteiger partial charge in [-0.1, -0.05) is 20.8 Å². The molecular formula is C13H22F3NO. The van der Waals surface area contributed by atoms with Crippen LogP contribution in [0.2, 0.25) is 0 Å². The zero-order valence-corrected chi connectivity index (χ0v) is 11.3. The Morgan fingerprint density at radius 1 is 1.39 bits per heavy atom. The molecule has 1 atom stereocenters.